The van der Waals surface area contributed by atoms with Crippen LogP contribution in [-0.4, -0.2) is 21.5 Å². The van der Waals surface area contributed by atoms with Gasteiger partial charge >= 0.3 is 0 Å². The molecule has 1 aromatic heterocycles. The molecule has 0 spiro atoms. The molecule has 0 saturated carbocycles. The number of halogens is 1. The molecule has 4 nitrogen and oxygen atoms in total. The second-order valence-corrected chi connectivity index (χ2v) is 5.44. The highest BCUT2D eigenvalue weighted by molar-refractivity contribution is 6.30. The number of nitrogens with zero attached hydrogens (tertiary/aromatic N) is 2. The fourth-order valence-corrected chi connectivity index (χ4v) is 2.55. The van der Waals surface area contributed by atoms with Gasteiger partial charge in [0, 0.05) is 29.1 Å². The Bertz CT molecular complexity index is 857. The molecule has 112 valence electrons. The van der Waals surface area contributed by atoms with Crippen LogP contribution >= 0.6 is 11.6 Å². The van der Waals surface area contributed by atoms with Gasteiger partial charge in [0.15, 0.2) is 0 Å². The van der Waals surface area contributed by atoms with Crippen LogP contribution in [0.1, 0.15) is 6.42 Å². The van der Waals surface area contributed by atoms with Crippen LogP contribution in [0.2, 0.25) is 5.02 Å². The number of fused-ring (bicyclic) bond motifs is 1. The molecule has 0 amide bonds. The van der Waals surface area contributed by atoms with Crippen molar-refractivity contribution in [2.75, 3.05) is 6.61 Å². The third-order valence-corrected chi connectivity index (χ3v) is 3.77. The van der Waals surface area contributed by atoms with Gasteiger partial charge in [-0.15, -0.1) is 0 Å². The highest BCUT2D eigenvalue weighted by Crippen LogP contribution is 2.25. The van der Waals surface area contributed by atoms with E-state index in [1.54, 1.807) is 18.2 Å². The number of aliphatic hydroxyl groups is 1. The minimum absolute atomic E-state index is 0.0250. The lowest BCUT2D eigenvalue weighted by Gasteiger charge is -2.11. The number of hydrogen-bond donors (Lipinski definition) is 1. The van der Waals surface area contributed by atoms with Crippen molar-refractivity contribution in [3.8, 4) is 11.3 Å². The fourth-order valence-electron chi connectivity index (χ4n) is 2.43. The molecule has 0 unspecified atom stereocenters. The van der Waals surface area contributed by atoms with Crippen molar-refractivity contribution in [2.45, 2.75) is 13.0 Å². The maximum Gasteiger partial charge on any atom is 0.274 e. The van der Waals surface area contributed by atoms with E-state index in [-0.39, 0.29) is 12.2 Å². The zero-order chi connectivity index (χ0) is 15.5. The summed E-state index contributed by atoms with van der Waals surface area (Å²) in [5.41, 5.74) is 1.50. The summed E-state index contributed by atoms with van der Waals surface area (Å²) in [6.45, 7) is 0.415. The topological polar surface area (TPSA) is 55.1 Å². The molecule has 0 fully saturated rings. The average molecular weight is 315 g/mol. The van der Waals surface area contributed by atoms with Gasteiger partial charge in [-0.05, 0) is 24.6 Å². The van der Waals surface area contributed by atoms with Crippen LogP contribution in [0.15, 0.2) is 53.3 Å². The highest BCUT2D eigenvalue weighted by Gasteiger charge is 2.11. The van der Waals surface area contributed by atoms with Crippen molar-refractivity contribution in [3.05, 3.63) is 63.9 Å². The van der Waals surface area contributed by atoms with Crippen LogP contribution in [0, 0.1) is 0 Å². The Kier molecular flexibility index (Phi) is 4.22. The smallest absolute Gasteiger partial charge is 0.274 e. The third-order valence-electron chi connectivity index (χ3n) is 3.51. The molecule has 3 rings (SSSR count). The van der Waals surface area contributed by atoms with Crippen LogP contribution < -0.4 is 5.56 Å². The van der Waals surface area contributed by atoms with E-state index in [9.17, 15) is 4.79 Å². The molecule has 3 aromatic rings. The van der Waals surface area contributed by atoms with E-state index < -0.39 is 0 Å². The quantitative estimate of drug-likeness (QED) is 0.805. The number of aliphatic hydroxyl groups excluding tert-OH is 1. The van der Waals surface area contributed by atoms with Crippen LogP contribution in [-0.2, 0) is 6.54 Å². The maximum absolute atomic E-state index is 12.5. The summed E-state index contributed by atoms with van der Waals surface area (Å²) in [4.78, 5) is 12.5. The second-order valence-electron chi connectivity index (χ2n) is 5.01. The van der Waals surface area contributed by atoms with Crippen LogP contribution in [0.3, 0.4) is 0 Å². The van der Waals surface area contributed by atoms with Gasteiger partial charge in [0.25, 0.3) is 5.56 Å². The largest absolute Gasteiger partial charge is 0.396 e. The lowest BCUT2D eigenvalue weighted by atomic mass is 10.1. The normalized spacial score (nSPS) is 11.0. The van der Waals surface area contributed by atoms with E-state index in [0.717, 1.165) is 16.6 Å². The summed E-state index contributed by atoms with van der Waals surface area (Å²) in [7, 11) is 0. The Balaban J connectivity index is 2.25. The molecule has 2 aromatic carbocycles. The molecule has 0 aliphatic heterocycles. The zero-order valence-electron chi connectivity index (χ0n) is 11.9. The minimum Gasteiger partial charge on any atom is -0.396 e. The van der Waals surface area contributed by atoms with Crippen molar-refractivity contribution >= 4 is 22.4 Å². The summed E-state index contributed by atoms with van der Waals surface area (Å²) in [5, 5.41) is 15.6. The van der Waals surface area contributed by atoms with Crippen molar-refractivity contribution in [1.29, 1.82) is 0 Å². The molecule has 0 aliphatic rings. The van der Waals surface area contributed by atoms with E-state index in [4.69, 9.17) is 16.7 Å². The lowest BCUT2D eigenvalue weighted by molar-refractivity contribution is 0.276. The number of rotatable bonds is 4. The van der Waals surface area contributed by atoms with Gasteiger partial charge in [0.05, 0.1) is 11.1 Å². The molecule has 0 saturated heterocycles. The van der Waals surface area contributed by atoms with Gasteiger partial charge in [-0.2, -0.15) is 5.10 Å². The van der Waals surface area contributed by atoms with Crippen LogP contribution in [0.5, 0.6) is 0 Å². The predicted molar refractivity (Wildman–Crippen MR) is 88.2 cm³/mol. The Labute approximate surface area is 132 Å². The number of aromatic nitrogens is 2. The lowest BCUT2D eigenvalue weighted by Crippen LogP contribution is -2.24. The van der Waals surface area contributed by atoms with Crippen molar-refractivity contribution < 1.29 is 5.11 Å². The van der Waals surface area contributed by atoms with E-state index in [1.807, 2.05) is 30.3 Å². The number of aryl methyl sites for hydroxylation is 1. The molecule has 22 heavy (non-hydrogen) atoms. The molecular formula is C17H15ClN2O2. The van der Waals surface area contributed by atoms with Crippen LogP contribution in [0.4, 0.5) is 0 Å². The molecule has 1 N–H and O–H groups in total. The standard InChI is InChI=1S/C17H15ClN2O2/c18-13-8-6-12(7-9-13)16-14-4-1-2-5-15(14)17(22)20(19-16)10-3-11-21/h1-2,4-9,21H,3,10-11H2. The monoisotopic (exact) mass is 314 g/mol. The van der Waals surface area contributed by atoms with Gasteiger partial charge in [-0.1, -0.05) is 41.9 Å². The number of benzene rings is 2. The first-order valence-corrected chi connectivity index (χ1v) is 7.45. The summed E-state index contributed by atoms with van der Waals surface area (Å²) in [5.74, 6) is 0. The Morgan fingerprint density at radius 1 is 1.05 bits per heavy atom. The van der Waals surface area contributed by atoms with Crippen molar-refractivity contribution in [2.24, 2.45) is 0 Å². The average Bonchev–Trinajstić information content (AvgIpc) is 2.55. The Morgan fingerprint density at radius 3 is 2.41 bits per heavy atom. The van der Waals surface area contributed by atoms with Crippen molar-refractivity contribution in [3.63, 3.8) is 0 Å². The van der Waals surface area contributed by atoms with Gasteiger partial charge in [-0.25, -0.2) is 4.68 Å². The van der Waals surface area contributed by atoms with Gasteiger partial charge in [0.2, 0.25) is 0 Å². The Hall–Kier alpha value is -2.17. The minimum atomic E-state index is -0.137. The molecule has 5 heteroatoms. The maximum atomic E-state index is 12.5. The third kappa shape index (κ3) is 2.75. The summed E-state index contributed by atoms with van der Waals surface area (Å²) >= 11 is 5.94. The predicted octanol–water partition coefficient (Wildman–Crippen LogP) is 3.10. The molecule has 1 heterocycles. The van der Waals surface area contributed by atoms with E-state index in [0.29, 0.717) is 23.4 Å². The summed E-state index contributed by atoms with van der Waals surface area (Å²) < 4.78 is 1.42. The van der Waals surface area contributed by atoms with Crippen molar-refractivity contribution in [1.82, 2.24) is 9.78 Å². The number of hydrogen-bond acceptors (Lipinski definition) is 3. The van der Waals surface area contributed by atoms with Gasteiger partial charge < -0.3 is 5.11 Å². The molecular weight excluding hydrogens is 300 g/mol. The first kappa shape index (κ1) is 14.8. The van der Waals surface area contributed by atoms with E-state index >= 15 is 0 Å². The van der Waals surface area contributed by atoms with Crippen LogP contribution in [0.25, 0.3) is 22.0 Å². The molecule has 0 atom stereocenters. The Morgan fingerprint density at radius 2 is 1.73 bits per heavy atom. The summed E-state index contributed by atoms with van der Waals surface area (Å²) in [6, 6.07) is 14.8. The summed E-state index contributed by atoms with van der Waals surface area (Å²) in [6.07, 6.45) is 0.491. The molecule has 0 aliphatic carbocycles. The van der Waals surface area contributed by atoms with E-state index in [2.05, 4.69) is 5.10 Å². The SMILES string of the molecule is O=c1c2ccccc2c(-c2ccc(Cl)cc2)nn1CCCO. The first-order chi connectivity index (χ1) is 10.7. The molecule has 0 bridgehead atoms. The second kappa shape index (κ2) is 6.30. The van der Waals surface area contributed by atoms with Gasteiger partial charge in [-0.3, -0.25) is 4.79 Å². The van der Waals surface area contributed by atoms with E-state index in [1.165, 1.54) is 4.68 Å². The highest BCUT2D eigenvalue weighted by atomic mass is 35.5. The molecule has 0 radical (unpaired) electrons. The fraction of sp³-hybridized carbons (Fsp3) is 0.176. The van der Waals surface area contributed by atoms with Gasteiger partial charge in [0.1, 0.15) is 0 Å². The zero-order valence-corrected chi connectivity index (χ0v) is 12.6. The first-order valence-electron chi connectivity index (χ1n) is 7.07.